The van der Waals surface area contributed by atoms with Gasteiger partial charge in [0.15, 0.2) is 0 Å². The Kier molecular flexibility index (Phi) is 3.67. The minimum Gasteiger partial charge on any atom is -0.386 e. The van der Waals surface area contributed by atoms with E-state index in [9.17, 15) is 4.39 Å². The number of hydrogen-bond acceptors (Lipinski definition) is 8. The van der Waals surface area contributed by atoms with Crippen LogP contribution in [0.3, 0.4) is 0 Å². The fraction of sp³-hybridized carbons (Fsp3) is 0.333. The summed E-state index contributed by atoms with van der Waals surface area (Å²) < 4.78 is 14.4. The first-order chi connectivity index (χ1) is 14.9. The molecule has 158 valence electrons. The molecule has 31 heavy (non-hydrogen) atoms. The highest BCUT2D eigenvalue weighted by atomic mass is 19.1. The molecule has 2 atom stereocenters. The zero-order valence-electron chi connectivity index (χ0n) is 17.2. The largest absolute Gasteiger partial charge is 0.386 e. The van der Waals surface area contributed by atoms with E-state index in [4.69, 9.17) is 10.7 Å². The number of nitrogens with two attached hydrogens (primary N) is 1. The lowest BCUT2D eigenvalue weighted by molar-refractivity contribution is 0.630. The van der Waals surface area contributed by atoms with Gasteiger partial charge in [0.1, 0.15) is 23.1 Å². The Hall–Kier alpha value is -3.53. The minimum atomic E-state index is -0.316. The fourth-order valence-electron chi connectivity index (χ4n) is 4.62. The molecule has 0 amide bonds. The second-order valence-electron chi connectivity index (χ2n) is 8.39. The van der Waals surface area contributed by atoms with Crippen molar-refractivity contribution >= 4 is 45.1 Å². The molecule has 2 aliphatic rings. The third-order valence-electron chi connectivity index (χ3n) is 6.36. The SMILES string of the molecule is CNc1cc(F)cc2c1[nH]c1nc(Nc3cnc(C)nc3)nc(N3CC[C@@]4(N)CC34)c12. The quantitative estimate of drug-likeness (QED) is 0.399. The van der Waals surface area contributed by atoms with Crippen molar-refractivity contribution in [3.05, 3.63) is 36.2 Å². The molecule has 0 bridgehead atoms. The Labute approximate surface area is 177 Å². The minimum absolute atomic E-state index is 0.150. The van der Waals surface area contributed by atoms with E-state index in [0.717, 1.165) is 41.5 Å². The van der Waals surface area contributed by atoms with E-state index in [-0.39, 0.29) is 17.4 Å². The van der Waals surface area contributed by atoms with Crippen molar-refractivity contribution < 1.29 is 4.39 Å². The van der Waals surface area contributed by atoms with Crippen LogP contribution in [0, 0.1) is 12.7 Å². The molecule has 5 N–H and O–H groups in total. The lowest BCUT2D eigenvalue weighted by Gasteiger charge is -2.20. The number of nitrogens with zero attached hydrogens (tertiary/aromatic N) is 5. The maximum Gasteiger partial charge on any atom is 0.231 e. The normalized spacial score (nSPS) is 22.2. The van der Waals surface area contributed by atoms with Crippen molar-refractivity contribution in [2.24, 2.45) is 5.73 Å². The summed E-state index contributed by atoms with van der Waals surface area (Å²) in [5.74, 6) is 1.55. The predicted octanol–water partition coefficient (Wildman–Crippen LogP) is 2.81. The molecule has 1 aliphatic carbocycles. The first kappa shape index (κ1) is 18.3. The van der Waals surface area contributed by atoms with Gasteiger partial charge in [-0.15, -0.1) is 0 Å². The summed E-state index contributed by atoms with van der Waals surface area (Å²) in [5, 5.41) is 7.80. The van der Waals surface area contributed by atoms with Crippen molar-refractivity contribution in [3.8, 4) is 0 Å². The lowest BCUT2D eigenvalue weighted by Crippen LogP contribution is -2.27. The van der Waals surface area contributed by atoms with E-state index in [2.05, 4.69) is 35.5 Å². The Morgan fingerprint density at radius 3 is 2.74 bits per heavy atom. The highest BCUT2D eigenvalue weighted by Crippen LogP contribution is 2.50. The topological polar surface area (TPSA) is 121 Å². The van der Waals surface area contributed by atoms with Crippen LogP contribution in [0.2, 0.25) is 0 Å². The van der Waals surface area contributed by atoms with Crippen LogP contribution in [0.5, 0.6) is 0 Å². The van der Waals surface area contributed by atoms with Gasteiger partial charge in [-0.3, -0.25) is 0 Å². The number of hydrogen-bond donors (Lipinski definition) is 4. The van der Waals surface area contributed by atoms with Crippen molar-refractivity contribution in [3.63, 3.8) is 0 Å². The molecule has 1 unspecified atom stereocenters. The number of aromatic nitrogens is 5. The van der Waals surface area contributed by atoms with Crippen LogP contribution in [0.4, 0.5) is 27.5 Å². The molecule has 1 saturated heterocycles. The van der Waals surface area contributed by atoms with Gasteiger partial charge in [-0.25, -0.2) is 14.4 Å². The van der Waals surface area contributed by atoms with E-state index < -0.39 is 0 Å². The van der Waals surface area contributed by atoms with Crippen LogP contribution >= 0.6 is 0 Å². The third kappa shape index (κ3) is 2.78. The van der Waals surface area contributed by atoms with Gasteiger partial charge in [-0.1, -0.05) is 0 Å². The Morgan fingerprint density at radius 2 is 2.06 bits per heavy atom. The molecule has 0 radical (unpaired) electrons. The van der Waals surface area contributed by atoms with Crippen molar-refractivity contribution in [1.82, 2.24) is 24.9 Å². The van der Waals surface area contributed by atoms with E-state index in [1.807, 2.05) is 6.92 Å². The monoisotopic (exact) mass is 419 g/mol. The number of anilines is 4. The summed E-state index contributed by atoms with van der Waals surface area (Å²) in [6.07, 6.45) is 5.23. The number of fused-ring (bicyclic) bond motifs is 4. The fourth-order valence-corrected chi connectivity index (χ4v) is 4.62. The van der Waals surface area contributed by atoms with Gasteiger partial charge >= 0.3 is 0 Å². The summed E-state index contributed by atoms with van der Waals surface area (Å²) in [5.41, 5.74) is 9.09. The van der Waals surface area contributed by atoms with Crippen LogP contribution < -0.4 is 21.3 Å². The molecule has 10 heteroatoms. The number of H-pyrrole nitrogens is 1. The van der Waals surface area contributed by atoms with Crippen LogP contribution in [0.1, 0.15) is 18.7 Å². The molecule has 4 heterocycles. The summed E-state index contributed by atoms with van der Waals surface area (Å²) in [6, 6.07) is 3.24. The molecular formula is C21H22FN9. The molecule has 2 fully saturated rings. The Bertz CT molecular complexity index is 1330. The molecular weight excluding hydrogens is 397 g/mol. The van der Waals surface area contributed by atoms with Crippen LogP contribution in [-0.2, 0) is 0 Å². The predicted molar refractivity (Wildman–Crippen MR) is 118 cm³/mol. The summed E-state index contributed by atoms with van der Waals surface area (Å²) in [6.45, 7) is 2.64. The Morgan fingerprint density at radius 1 is 1.26 bits per heavy atom. The second-order valence-corrected chi connectivity index (χ2v) is 8.39. The highest BCUT2D eigenvalue weighted by molar-refractivity contribution is 6.15. The molecule has 1 aromatic carbocycles. The van der Waals surface area contributed by atoms with E-state index in [1.165, 1.54) is 12.1 Å². The van der Waals surface area contributed by atoms with Crippen molar-refractivity contribution in [1.29, 1.82) is 0 Å². The van der Waals surface area contributed by atoms with Crippen molar-refractivity contribution in [2.45, 2.75) is 31.3 Å². The highest BCUT2D eigenvalue weighted by Gasteiger charge is 2.59. The number of nitrogens with one attached hydrogen (secondary N) is 3. The zero-order valence-corrected chi connectivity index (χ0v) is 17.2. The molecule has 3 aromatic heterocycles. The number of halogens is 1. The number of aryl methyl sites for hydroxylation is 1. The smallest absolute Gasteiger partial charge is 0.231 e. The van der Waals surface area contributed by atoms with Gasteiger partial charge in [0.25, 0.3) is 0 Å². The van der Waals surface area contributed by atoms with Gasteiger partial charge in [0.2, 0.25) is 5.95 Å². The molecule has 1 saturated carbocycles. The standard InChI is InChI=1S/C21H22FN9/c1-10-25-8-12(9-26-10)27-20-29-18-16(13-5-11(22)6-14(24-2)17(13)28-18)19(30-20)31-4-3-21(23)7-15(21)31/h5-6,8-9,15,24H,3-4,7,23H2,1-2H3,(H2,27,28,29,30)/t15?,21-/m1/s1. The average Bonchev–Trinajstić information content (AvgIpc) is 3.11. The van der Waals surface area contributed by atoms with Crippen LogP contribution in [0.25, 0.3) is 21.9 Å². The maximum absolute atomic E-state index is 14.4. The average molecular weight is 419 g/mol. The van der Waals surface area contributed by atoms with E-state index in [0.29, 0.717) is 28.8 Å². The number of benzene rings is 1. The second kappa shape index (κ2) is 6.24. The maximum atomic E-state index is 14.4. The Balaban J connectivity index is 1.56. The van der Waals surface area contributed by atoms with Gasteiger partial charge < -0.3 is 26.3 Å². The summed E-state index contributed by atoms with van der Waals surface area (Å²) in [7, 11) is 1.77. The van der Waals surface area contributed by atoms with Gasteiger partial charge in [0.05, 0.1) is 40.7 Å². The van der Waals surface area contributed by atoms with Gasteiger partial charge in [-0.05, 0) is 31.9 Å². The summed E-state index contributed by atoms with van der Waals surface area (Å²) in [4.78, 5) is 23.6. The molecule has 9 nitrogen and oxygen atoms in total. The van der Waals surface area contributed by atoms with Crippen LogP contribution in [-0.4, -0.2) is 50.1 Å². The first-order valence-electron chi connectivity index (χ1n) is 10.3. The lowest BCUT2D eigenvalue weighted by atomic mass is 10.1. The number of piperidine rings is 1. The van der Waals surface area contributed by atoms with E-state index in [1.54, 1.807) is 19.4 Å². The number of rotatable bonds is 4. The molecule has 0 spiro atoms. The van der Waals surface area contributed by atoms with Gasteiger partial charge in [0, 0.05) is 24.5 Å². The molecule has 1 aliphatic heterocycles. The van der Waals surface area contributed by atoms with Gasteiger partial charge in [-0.2, -0.15) is 9.97 Å². The zero-order chi connectivity index (χ0) is 21.3. The van der Waals surface area contributed by atoms with Crippen molar-refractivity contribution in [2.75, 3.05) is 29.1 Å². The third-order valence-corrected chi connectivity index (χ3v) is 6.36. The van der Waals surface area contributed by atoms with Crippen LogP contribution in [0.15, 0.2) is 24.5 Å². The van der Waals surface area contributed by atoms with E-state index >= 15 is 0 Å². The number of aromatic amines is 1. The molecule has 6 rings (SSSR count). The first-order valence-corrected chi connectivity index (χ1v) is 10.3. The summed E-state index contributed by atoms with van der Waals surface area (Å²) >= 11 is 0. The molecule has 4 aromatic rings.